The molecule has 4 heterocycles. The van der Waals surface area contributed by atoms with Gasteiger partial charge in [-0.05, 0) is 45.7 Å². The summed E-state index contributed by atoms with van der Waals surface area (Å²) in [4.78, 5) is 39.0. The van der Waals surface area contributed by atoms with Crippen molar-refractivity contribution < 1.29 is 4.79 Å². The van der Waals surface area contributed by atoms with E-state index in [9.17, 15) is 9.59 Å². The molecule has 174 valence electrons. The van der Waals surface area contributed by atoms with Crippen molar-refractivity contribution in [3.8, 4) is 11.3 Å². The van der Waals surface area contributed by atoms with E-state index < -0.39 is 0 Å². The first-order valence-corrected chi connectivity index (χ1v) is 11.6. The van der Waals surface area contributed by atoms with Gasteiger partial charge in [-0.25, -0.2) is 9.97 Å². The molecule has 3 aromatic heterocycles. The first kappa shape index (κ1) is 20.7. The molecule has 1 aliphatic heterocycles. The first-order chi connectivity index (χ1) is 16.2. The van der Waals surface area contributed by atoms with Crippen molar-refractivity contribution in [1.29, 1.82) is 0 Å². The molecule has 2 atom stereocenters. The van der Waals surface area contributed by atoms with Gasteiger partial charge in [0, 0.05) is 30.0 Å². The first-order valence-electron chi connectivity index (χ1n) is 11.6. The lowest BCUT2D eigenvalue weighted by Crippen LogP contribution is -2.31. The van der Waals surface area contributed by atoms with Crippen molar-refractivity contribution in [2.75, 3.05) is 5.32 Å². The van der Waals surface area contributed by atoms with Crippen LogP contribution in [0.4, 0.5) is 5.95 Å². The van der Waals surface area contributed by atoms with E-state index in [1.54, 1.807) is 10.9 Å². The summed E-state index contributed by atoms with van der Waals surface area (Å²) in [5.41, 5.74) is 4.28. The molecule has 0 saturated heterocycles. The molecule has 1 aromatic carbocycles. The van der Waals surface area contributed by atoms with Gasteiger partial charge in [-0.15, -0.1) is 0 Å². The summed E-state index contributed by atoms with van der Waals surface area (Å²) in [5.74, 6) is 0.446. The molecule has 1 saturated carbocycles. The van der Waals surface area contributed by atoms with Gasteiger partial charge in [0.05, 0.1) is 46.3 Å². The smallest absolute Gasteiger partial charge is 0.263 e. The molecule has 34 heavy (non-hydrogen) atoms. The Hall–Kier alpha value is -3.88. The van der Waals surface area contributed by atoms with Gasteiger partial charge in [-0.1, -0.05) is 12.1 Å². The van der Waals surface area contributed by atoms with Gasteiger partial charge >= 0.3 is 0 Å². The topological polar surface area (TPSA) is 110 Å². The van der Waals surface area contributed by atoms with Crippen LogP contribution >= 0.6 is 0 Å². The third-order valence-corrected chi connectivity index (χ3v) is 7.05. The fraction of sp³-hybridized carbons (Fsp3) is 0.360. The van der Waals surface area contributed by atoms with Crippen LogP contribution in [0, 0.1) is 0 Å². The van der Waals surface area contributed by atoms with Crippen LogP contribution in [0.2, 0.25) is 0 Å². The number of aromatic nitrogens is 5. The Balaban J connectivity index is 1.56. The number of carbonyl (C=O) groups is 1. The fourth-order valence-corrected chi connectivity index (χ4v) is 4.74. The number of para-hydroxylation sites is 1. The molecule has 1 amide bonds. The van der Waals surface area contributed by atoms with Crippen molar-refractivity contribution in [1.82, 2.24) is 29.4 Å². The second kappa shape index (κ2) is 7.06. The van der Waals surface area contributed by atoms with Gasteiger partial charge in [0.15, 0.2) is 0 Å². The van der Waals surface area contributed by atoms with Crippen molar-refractivity contribution in [2.45, 2.75) is 51.2 Å². The standard InChI is InChI=1S/C25H27N7O2/c1-13-20-17(22(33)27-13)10-18(28-20)15-6-5-7-16-21(15)29-24(30-25(3)8-9-25)32(23(16)34)14(2)19-11-31(4)12-26-19/h5-7,10-14,28H,8-9H2,1-4H3,(H,27,33)(H,29,30)/t13-,14+/m1/s1. The number of nitrogens with zero attached hydrogens (tertiary/aromatic N) is 4. The summed E-state index contributed by atoms with van der Waals surface area (Å²) in [5, 5.41) is 6.96. The highest BCUT2D eigenvalue weighted by atomic mass is 16.2. The molecule has 9 nitrogen and oxygen atoms in total. The molecule has 1 aliphatic carbocycles. The van der Waals surface area contributed by atoms with Crippen LogP contribution in [-0.2, 0) is 7.05 Å². The second-order valence-corrected chi connectivity index (χ2v) is 9.84. The van der Waals surface area contributed by atoms with E-state index in [0.29, 0.717) is 22.4 Å². The van der Waals surface area contributed by atoms with Crippen molar-refractivity contribution in [3.63, 3.8) is 0 Å². The quantitative estimate of drug-likeness (QED) is 0.425. The molecule has 1 fully saturated rings. The highest BCUT2D eigenvalue weighted by Crippen LogP contribution is 2.39. The molecule has 0 spiro atoms. The van der Waals surface area contributed by atoms with Crippen LogP contribution < -0.4 is 16.2 Å². The average Bonchev–Trinajstić information content (AvgIpc) is 3.14. The number of rotatable bonds is 5. The summed E-state index contributed by atoms with van der Waals surface area (Å²) in [6.45, 7) is 6.05. The number of benzene rings is 1. The van der Waals surface area contributed by atoms with Crippen LogP contribution in [0.1, 0.15) is 67.4 Å². The molecule has 4 aromatic rings. The van der Waals surface area contributed by atoms with Gasteiger partial charge in [-0.3, -0.25) is 14.2 Å². The molecule has 0 bridgehead atoms. The highest BCUT2D eigenvalue weighted by molar-refractivity contribution is 6.01. The molecule has 2 aliphatic rings. The minimum Gasteiger partial charge on any atom is -0.356 e. The Kier molecular flexibility index (Phi) is 4.30. The summed E-state index contributed by atoms with van der Waals surface area (Å²) < 4.78 is 3.59. The Morgan fingerprint density at radius 2 is 2.03 bits per heavy atom. The van der Waals surface area contributed by atoms with E-state index in [-0.39, 0.29) is 29.1 Å². The van der Waals surface area contributed by atoms with Crippen molar-refractivity contribution in [3.05, 3.63) is 64.1 Å². The fourth-order valence-electron chi connectivity index (χ4n) is 4.74. The summed E-state index contributed by atoms with van der Waals surface area (Å²) in [7, 11) is 1.91. The molecule has 0 unspecified atom stereocenters. The zero-order valence-electron chi connectivity index (χ0n) is 19.6. The lowest BCUT2D eigenvalue weighted by molar-refractivity contribution is 0.0958. The van der Waals surface area contributed by atoms with E-state index in [1.807, 2.05) is 55.9 Å². The van der Waals surface area contributed by atoms with E-state index in [0.717, 1.165) is 35.5 Å². The lowest BCUT2D eigenvalue weighted by atomic mass is 10.1. The lowest BCUT2D eigenvalue weighted by Gasteiger charge is -2.22. The number of nitrogens with one attached hydrogen (secondary N) is 3. The molecule has 9 heteroatoms. The van der Waals surface area contributed by atoms with Gasteiger partial charge in [0.2, 0.25) is 5.95 Å². The summed E-state index contributed by atoms with van der Waals surface area (Å²) in [6, 6.07) is 7.09. The predicted octanol–water partition coefficient (Wildman–Crippen LogP) is 3.50. The third-order valence-electron chi connectivity index (χ3n) is 7.05. The Morgan fingerprint density at radius 1 is 1.24 bits per heavy atom. The average molecular weight is 458 g/mol. The maximum Gasteiger partial charge on any atom is 0.263 e. The van der Waals surface area contributed by atoms with Crippen molar-refractivity contribution in [2.24, 2.45) is 7.05 Å². The Morgan fingerprint density at radius 3 is 2.71 bits per heavy atom. The normalized spacial score (nSPS) is 19.2. The second-order valence-electron chi connectivity index (χ2n) is 9.84. The minimum atomic E-state index is -0.294. The zero-order valence-corrected chi connectivity index (χ0v) is 19.6. The predicted molar refractivity (Wildman–Crippen MR) is 130 cm³/mol. The molecule has 0 radical (unpaired) electrons. The number of hydrogen-bond acceptors (Lipinski definition) is 5. The number of aromatic amines is 1. The number of H-pyrrole nitrogens is 1. The number of hydrogen-bond donors (Lipinski definition) is 3. The van der Waals surface area contributed by atoms with E-state index in [4.69, 9.17) is 4.98 Å². The monoisotopic (exact) mass is 457 g/mol. The minimum absolute atomic E-state index is 0.0746. The Labute approximate surface area is 196 Å². The number of carbonyl (C=O) groups excluding carboxylic acids is 1. The van der Waals surface area contributed by atoms with Crippen molar-refractivity contribution >= 4 is 22.8 Å². The summed E-state index contributed by atoms with van der Waals surface area (Å²) >= 11 is 0. The van der Waals surface area contributed by atoms with Gasteiger partial charge in [0.25, 0.3) is 11.5 Å². The number of amides is 1. The number of fused-ring (bicyclic) bond motifs is 2. The van der Waals surface area contributed by atoms with Gasteiger partial charge in [-0.2, -0.15) is 0 Å². The van der Waals surface area contributed by atoms with Gasteiger partial charge in [0.1, 0.15) is 0 Å². The number of anilines is 1. The van der Waals surface area contributed by atoms with Crippen LogP contribution in [-0.4, -0.2) is 35.5 Å². The molecular formula is C25H27N7O2. The van der Waals surface area contributed by atoms with E-state index >= 15 is 0 Å². The van der Waals surface area contributed by atoms with Crippen LogP contribution in [0.3, 0.4) is 0 Å². The van der Waals surface area contributed by atoms with Crippen LogP contribution in [0.25, 0.3) is 22.2 Å². The maximum atomic E-state index is 13.9. The van der Waals surface area contributed by atoms with Crippen LogP contribution in [0.5, 0.6) is 0 Å². The molecule has 3 N–H and O–H groups in total. The van der Waals surface area contributed by atoms with Crippen LogP contribution in [0.15, 0.2) is 41.6 Å². The number of imidazole rings is 1. The Bertz CT molecular complexity index is 1520. The zero-order chi connectivity index (χ0) is 23.8. The SMILES string of the molecule is C[C@H]1NC(=O)c2cc(-c3cccc4c(=O)n([C@@H](C)c5cn(C)cn5)c(NC5(C)CC5)nc34)[nH]c21. The number of aryl methyl sites for hydroxylation is 1. The van der Waals surface area contributed by atoms with E-state index in [1.165, 1.54) is 0 Å². The third kappa shape index (κ3) is 3.14. The molecular weight excluding hydrogens is 430 g/mol. The largest absolute Gasteiger partial charge is 0.356 e. The highest BCUT2D eigenvalue weighted by Gasteiger charge is 2.39. The molecule has 6 rings (SSSR count). The van der Waals surface area contributed by atoms with E-state index in [2.05, 4.69) is 27.5 Å². The maximum absolute atomic E-state index is 13.9. The van der Waals surface area contributed by atoms with Gasteiger partial charge < -0.3 is 20.2 Å². The summed E-state index contributed by atoms with van der Waals surface area (Å²) in [6.07, 6.45) is 5.71.